The quantitative estimate of drug-likeness (QED) is 0.889. The molecule has 2 aromatic rings. The molecule has 0 amide bonds. The van der Waals surface area contributed by atoms with Crippen LogP contribution in [0.15, 0.2) is 60.7 Å². The van der Waals surface area contributed by atoms with Gasteiger partial charge in [-0.15, -0.1) is 0 Å². The number of rotatable bonds is 5. The molecule has 1 fully saturated rings. The van der Waals surface area contributed by atoms with Crippen molar-refractivity contribution in [3.8, 4) is 0 Å². The van der Waals surface area contributed by atoms with Crippen LogP contribution >= 0.6 is 0 Å². The molecule has 0 saturated carbocycles. The highest BCUT2D eigenvalue weighted by Crippen LogP contribution is 2.28. The van der Waals surface area contributed by atoms with Gasteiger partial charge in [-0.2, -0.15) is 0 Å². The second-order valence-electron chi connectivity index (χ2n) is 6.14. The molecule has 4 nitrogen and oxygen atoms in total. The Morgan fingerprint density at radius 1 is 1.00 bits per heavy atom. The SMILES string of the molecule is O=C(O)C1(N[13c]2[13cH][13cH][13cH][13cH][13cH]2)CCN(Cc2ccccc2)CC1. The maximum absolute atomic E-state index is 11.9. The molecule has 1 heterocycles. The predicted octanol–water partition coefficient (Wildman–Crippen LogP) is 3.22. The number of hydrogen-bond donors (Lipinski definition) is 2. The van der Waals surface area contributed by atoms with Crippen molar-refractivity contribution in [2.45, 2.75) is 24.9 Å². The minimum Gasteiger partial charge on any atom is -0.480 e. The van der Waals surface area contributed by atoms with Gasteiger partial charge in [0, 0.05) is 25.3 Å². The number of para-hydroxylation sites is 1. The smallest absolute Gasteiger partial charge is 0.329 e. The lowest BCUT2D eigenvalue weighted by Crippen LogP contribution is -2.54. The molecule has 0 radical (unpaired) electrons. The number of hydrogen-bond acceptors (Lipinski definition) is 3. The van der Waals surface area contributed by atoms with Gasteiger partial charge in [0.1, 0.15) is 5.54 Å². The van der Waals surface area contributed by atoms with E-state index in [1.807, 2.05) is 48.5 Å². The summed E-state index contributed by atoms with van der Waals surface area (Å²) in [6, 6.07) is 19.9. The van der Waals surface area contributed by atoms with Gasteiger partial charge in [0.2, 0.25) is 0 Å². The van der Waals surface area contributed by atoms with Crippen molar-refractivity contribution in [1.29, 1.82) is 0 Å². The van der Waals surface area contributed by atoms with Crippen LogP contribution in [0.1, 0.15) is 18.4 Å². The minimum atomic E-state index is -0.867. The number of nitrogens with zero attached hydrogens (tertiary/aromatic N) is 1. The molecule has 0 spiro atoms. The first-order valence-corrected chi connectivity index (χ1v) is 8.01. The van der Waals surface area contributed by atoms with Crippen molar-refractivity contribution in [2.75, 3.05) is 18.4 Å². The average molecular weight is 316 g/mol. The highest BCUT2D eigenvalue weighted by Gasteiger charge is 2.41. The number of piperidine rings is 1. The Morgan fingerprint density at radius 2 is 1.57 bits per heavy atom. The van der Waals surface area contributed by atoms with E-state index in [1.54, 1.807) is 0 Å². The Balaban J connectivity index is 1.65. The van der Waals surface area contributed by atoms with Gasteiger partial charge >= 0.3 is 5.97 Å². The summed E-state index contributed by atoms with van der Waals surface area (Å²) in [5, 5.41) is 13.0. The molecule has 0 bridgehead atoms. The van der Waals surface area contributed by atoms with Crippen molar-refractivity contribution in [3.05, 3.63) is 66.2 Å². The molecule has 23 heavy (non-hydrogen) atoms. The third-order valence-corrected chi connectivity index (χ3v) is 4.53. The van der Waals surface area contributed by atoms with Gasteiger partial charge in [0.05, 0.1) is 0 Å². The second kappa shape index (κ2) is 6.84. The fourth-order valence-electron chi connectivity index (χ4n) is 3.12. The van der Waals surface area contributed by atoms with Crippen LogP contribution in [0.2, 0.25) is 0 Å². The van der Waals surface area contributed by atoms with E-state index in [2.05, 4.69) is 22.3 Å². The van der Waals surface area contributed by atoms with Gasteiger partial charge in [-0.3, -0.25) is 4.90 Å². The van der Waals surface area contributed by atoms with Gasteiger partial charge in [0.15, 0.2) is 0 Å². The van der Waals surface area contributed by atoms with Gasteiger partial charge in [-0.05, 0) is 30.5 Å². The Kier molecular flexibility index (Phi) is 4.63. The fraction of sp³-hybridized carbons (Fsp3) is 0.316. The zero-order chi connectivity index (χ0) is 16.1. The van der Waals surface area contributed by atoms with Crippen molar-refractivity contribution >= 4 is 11.7 Å². The predicted molar refractivity (Wildman–Crippen MR) is 91.4 cm³/mol. The lowest BCUT2D eigenvalue weighted by molar-refractivity contribution is -0.144. The molecule has 0 aromatic heterocycles. The number of anilines is 1. The molecule has 0 atom stereocenters. The Labute approximate surface area is 136 Å². The van der Waals surface area contributed by atoms with E-state index >= 15 is 0 Å². The summed E-state index contributed by atoms with van der Waals surface area (Å²) in [5.41, 5.74) is 1.27. The second-order valence-corrected chi connectivity index (χ2v) is 6.14. The number of likely N-dealkylation sites (tertiary alicyclic amines) is 1. The number of aliphatic carboxylic acids is 1. The summed E-state index contributed by atoms with van der Waals surface area (Å²) in [4.78, 5) is 14.2. The van der Waals surface area contributed by atoms with Gasteiger partial charge in [-0.1, -0.05) is 48.5 Å². The minimum absolute atomic E-state index is 0.601. The normalized spacial score (nSPS) is 17.6. The number of carbonyl (C=O) groups is 1. The first-order chi connectivity index (χ1) is 11.2. The molecule has 1 aliphatic rings. The number of carboxylic acid groups (broad SMARTS) is 1. The van der Waals surface area contributed by atoms with Crippen LogP contribution in [0.25, 0.3) is 0 Å². The maximum Gasteiger partial charge on any atom is 0.329 e. The van der Waals surface area contributed by atoms with E-state index in [0.717, 1.165) is 25.3 Å². The monoisotopic (exact) mass is 316 g/mol. The molecule has 0 aliphatic carbocycles. The molecule has 3 rings (SSSR count). The maximum atomic E-state index is 11.9. The lowest BCUT2D eigenvalue weighted by Gasteiger charge is -2.40. The first kappa shape index (κ1) is 15.6. The zero-order valence-corrected chi connectivity index (χ0v) is 13.1. The van der Waals surface area contributed by atoms with Crippen LogP contribution in [-0.2, 0) is 11.3 Å². The first-order valence-electron chi connectivity index (χ1n) is 8.01. The molecule has 120 valence electrons. The molecule has 4 heteroatoms. The van der Waals surface area contributed by atoms with Crippen molar-refractivity contribution in [3.63, 3.8) is 0 Å². The van der Waals surface area contributed by atoms with E-state index in [-0.39, 0.29) is 0 Å². The summed E-state index contributed by atoms with van der Waals surface area (Å²) in [5.74, 6) is -0.763. The molecular weight excluding hydrogens is 294 g/mol. The molecule has 1 saturated heterocycles. The van der Waals surface area contributed by atoms with Crippen LogP contribution in [0.3, 0.4) is 0 Å². The molecule has 1 aliphatic heterocycles. The van der Waals surface area contributed by atoms with Crippen molar-refractivity contribution in [2.24, 2.45) is 0 Å². The average Bonchev–Trinajstić information content (AvgIpc) is 2.58. The number of nitrogens with one attached hydrogen (secondary N) is 1. The third kappa shape index (κ3) is 3.71. The summed E-state index contributed by atoms with van der Waals surface area (Å²) in [6.07, 6.45) is 1.20. The van der Waals surface area contributed by atoms with Gasteiger partial charge in [-0.25, -0.2) is 4.79 Å². The summed E-state index contributed by atoms with van der Waals surface area (Å²) >= 11 is 0. The summed E-state index contributed by atoms with van der Waals surface area (Å²) in [6.45, 7) is 2.43. The Hall–Kier alpha value is -2.33. The van der Waals surface area contributed by atoms with E-state index < -0.39 is 11.5 Å². The van der Waals surface area contributed by atoms with Crippen LogP contribution < -0.4 is 5.32 Å². The molecular formula is C19H22N2O2. The fourth-order valence-corrected chi connectivity index (χ4v) is 3.12. The Bertz CT molecular complexity index is 635. The molecule has 2 aromatic carbocycles. The van der Waals surface area contributed by atoms with Crippen LogP contribution in [0.5, 0.6) is 0 Å². The standard InChI is InChI=1S/C19H22N2O2/c22-18(23)19(20-17-9-5-2-6-10-17)11-13-21(14-12-19)15-16-7-3-1-4-8-16/h1-10,20H,11-15H2,(H,22,23)/i2+1,5+1,6+1,9+1,10+1,17+1. The van der Waals surface area contributed by atoms with Crippen molar-refractivity contribution < 1.29 is 9.90 Å². The van der Waals surface area contributed by atoms with E-state index in [9.17, 15) is 9.90 Å². The highest BCUT2D eigenvalue weighted by molar-refractivity contribution is 5.83. The van der Waals surface area contributed by atoms with Crippen molar-refractivity contribution in [1.82, 2.24) is 4.90 Å². The van der Waals surface area contributed by atoms with E-state index in [0.29, 0.717) is 12.8 Å². The van der Waals surface area contributed by atoms with Gasteiger partial charge in [0.25, 0.3) is 0 Å². The number of carboxylic acids is 1. The largest absolute Gasteiger partial charge is 0.480 e. The topological polar surface area (TPSA) is 52.6 Å². The molecule has 0 unspecified atom stereocenters. The van der Waals surface area contributed by atoms with E-state index in [4.69, 9.17) is 0 Å². The molecule has 2 N–H and O–H groups in total. The van der Waals surface area contributed by atoms with Gasteiger partial charge < -0.3 is 10.4 Å². The Morgan fingerprint density at radius 3 is 2.13 bits per heavy atom. The summed E-state index contributed by atoms with van der Waals surface area (Å²) in [7, 11) is 0. The summed E-state index contributed by atoms with van der Waals surface area (Å²) < 4.78 is 0. The van der Waals surface area contributed by atoms with E-state index in [1.165, 1.54) is 5.56 Å². The third-order valence-electron chi connectivity index (χ3n) is 4.53. The zero-order valence-electron chi connectivity index (χ0n) is 13.1. The van der Waals surface area contributed by atoms with Crippen LogP contribution in [-0.4, -0.2) is 34.6 Å². The highest BCUT2D eigenvalue weighted by atomic mass is 16.4. The number of benzene rings is 2. The van der Waals surface area contributed by atoms with Crippen LogP contribution in [0, 0.1) is 0 Å². The lowest BCUT2D eigenvalue weighted by atomic mass is 9.88. The van der Waals surface area contributed by atoms with Crippen LogP contribution in [0.4, 0.5) is 5.69 Å².